The minimum Gasteiger partial charge on any atom is -0.480 e. The zero-order chi connectivity index (χ0) is 15.5. The molecular formula is C11H13Br2NO5S. The molecule has 0 amide bonds. The third-order valence-electron chi connectivity index (χ3n) is 2.52. The van der Waals surface area contributed by atoms with Crippen molar-refractivity contribution in [1.82, 2.24) is 4.72 Å². The molecule has 0 saturated heterocycles. The third-order valence-corrected chi connectivity index (χ3v) is 5.80. The fourth-order valence-corrected chi connectivity index (χ4v) is 4.35. The molecule has 6 nitrogen and oxygen atoms in total. The number of halogens is 2. The highest BCUT2D eigenvalue weighted by atomic mass is 79.9. The molecule has 0 saturated carbocycles. The number of nitrogens with one attached hydrogen (secondary N) is 1. The molecule has 0 aliphatic carbocycles. The molecule has 0 heterocycles. The Hall–Kier alpha value is -0.480. The van der Waals surface area contributed by atoms with E-state index in [9.17, 15) is 13.2 Å². The molecule has 0 unspecified atom stereocenters. The Balaban J connectivity index is 3.17. The van der Waals surface area contributed by atoms with Gasteiger partial charge in [-0.05, 0) is 47.0 Å². The number of hydrogen-bond donors (Lipinski definition) is 3. The first-order valence-corrected chi connectivity index (χ1v) is 8.57. The van der Waals surface area contributed by atoms with Crippen LogP contribution in [0.3, 0.4) is 0 Å². The minimum atomic E-state index is -4.02. The fourth-order valence-electron chi connectivity index (χ4n) is 1.45. The molecule has 0 bridgehead atoms. The summed E-state index contributed by atoms with van der Waals surface area (Å²) in [6, 6.07) is 1.62. The van der Waals surface area contributed by atoms with Gasteiger partial charge in [-0.15, -0.1) is 0 Å². The van der Waals surface area contributed by atoms with Crippen LogP contribution in [0.15, 0.2) is 26.0 Å². The first-order valence-electron chi connectivity index (χ1n) is 5.50. The molecule has 0 aromatic heterocycles. The summed E-state index contributed by atoms with van der Waals surface area (Å²) in [5, 5.41) is 17.7. The summed E-state index contributed by atoms with van der Waals surface area (Å²) in [6.45, 7) is 1.36. The van der Waals surface area contributed by atoms with Crippen LogP contribution >= 0.6 is 31.9 Å². The quantitative estimate of drug-likeness (QED) is 0.636. The van der Waals surface area contributed by atoms with Gasteiger partial charge in [0.1, 0.15) is 6.04 Å². The zero-order valence-corrected chi connectivity index (χ0v) is 14.4. The highest BCUT2D eigenvalue weighted by molar-refractivity contribution is 9.11. The van der Waals surface area contributed by atoms with Crippen LogP contribution in [0.4, 0.5) is 0 Å². The number of benzene rings is 1. The Morgan fingerprint density at radius 1 is 1.35 bits per heavy atom. The van der Waals surface area contributed by atoms with Gasteiger partial charge in [0.25, 0.3) is 0 Å². The number of carboxylic acids is 1. The normalized spacial score (nSPS) is 13.2. The molecule has 9 heteroatoms. The maximum absolute atomic E-state index is 12.2. The third kappa shape index (κ3) is 4.26. The number of sulfonamides is 1. The van der Waals surface area contributed by atoms with Crippen molar-refractivity contribution < 1.29 is 23.4 Å². The van der Waals surface area contributed by atoms with Crippen LogP contribution in [0.1, 0.15) is 12.0 Å². The van der Waals surface area contributed by atoms with E-state index in [1.54, 1.807) is 13.0 Å². The van der Waals surface area contributed by atoms with Gasteiger partial charge in [0.15, 0.2) is 0 Å². The Morgan fingerprint density at radius 2 is 1.95 bits per heavy atom. The van der Waals surface area contributed by atoms with Crippen molar-refractivity contribution in [3.63, 3.8) is 0 Å². The Morgan fingerprint density at radius 3 is 2.45 bits per heavy atom. The topological polar surface area (TPSA) is 104 Å². The fraction of sp³-hybridized carbons (Fsp3) is 0.364. The summed E-state index contributed by atoms with van der Waals surface area (Å²) in [5.74, 6) is -1.34. The van der Waals surface area contributed by atoms with E-state index in [1.165, 1.54) is 6.07 Å². The van der Waals surface area contributed by atoms with E-state index in [0.29, 0.717) is 8.95 Å². The number of carboxylic acid groups (broad SMARTS) is 1. The Labute approximate surface area is 133 Å². The molecule has 0 spiro atoms. The lowest BCUT2D eigenvalue weighted by Crippen LogP contribution is -2.41. The lowest BCUT2D eigenvalue weighted by molar-refractivity contribution is -0.139. The Bertz CT molecular complexity index is 617. The first-order chi connectivity index (χ1) is 9.19. The SMILES string of the molecule is Cc1cc(Br)c(S(=O)(=O)N[C@H](CCO)C(=O)O)cc1Br. The molecule has 112 valence electrons. The summed E-state index contributed by atoms with van der Waals surface area (Å²) < 4.78 is 27.4. The summed E-state index contributed by atoms with van der Waals surface area (Å²) >= 11 is 6.38. The second-order valence-electron chi connectivity index (χ2n) is 4.06. The maximum Gasteiger partial charge on any atom is 0.321 e. The maximum atomic E-state index is 12.2. The molecule has 1 aromatic rings. The first kappa shape index (κ1) is 17.6. The van der Waals surface area contributed by atoms with Gasteiger partial charge in [-0.2, -0.15) is 4.72 Å². The number of aryl methyl sites for hydroxylation is 1. The molecule has 0 aliphatic heterocycles. The predicted molar refractivity (Wildman–Crippen MR) is 80.0 cm³/mol. The van der Waals surface area contributed by atoms with Crippen molar-refractivity contribution in [3.8, 4) is 0 Å². The molecule has 1 atom stereocenters. The molecule has 0 fully saturated rings. The van der Waals surface area contributed by atoms with Gasteiger partial charge in [0, 0.05) is 15.6 Å². The lowest BCUT2D eigenvalue weighted by Gasteiger charge is -2.15. The molecule has 1 rings (SSSR count). The summed E-state index contributed by atoms with van der Waals surface area (Å²) in [7, 11) is -4.02. The summed E-state index contributed by atoms with van der Waals surface area (Å²) in [6.07, 6.45) is -0.209. The molecule has 3 N–H and O–H groups in total. The van der Waals surface area contributed by atoms with Crippen LogP contribution in [0.2, 0.25) is 0 Å². The number of aliphatic hydroxyl groups excluding tert-OH is 1. The van der Waals surface area contributed by atoms with Crippen molar-refractivity contribution >= 4 is 47.9 Å². The van der Waals surface area contributed by atoms with E-state index in [0.717, 1.165) is 5.56 Å². The van der Waals surface area contributed by atoms with Crippen LogP contribution in [-0.4, -0.2) is 37.2 Å². The van der Waals surface area contributed by atoms with Gasteiger partial charge < -0.3 is 10.2 Å². The van der Waals surface area contributed by atoms with E-state index < -0.39 is 28.6 Å². The summed E-state index contributed by atoms with van der Waals surface area (Å²) in [5.41, 5.74) is 0.834. The number of rotatable bonds is 6. The highest BCUT2D eigenvalue weighted by Gasteiger charge is 2.26. The van der Waals surface area contributed by atoms with Gasteiger partial charge in [-0.3, -0.25) is 4.79 Å². The van der Waals surface area contributed by atoms with Gasteiger partial charge >= 0.3 is 5.97 Å². The standard InChI is InChI=1S/C11H13Br2NO5S/c1-6-4-8(13)10(5-7(6)12)20(18,19)14-9(2-3-15)11(16)17/h4-5,9,14-15H,2-3H2,1H3,(H,16,17)/t9-/m1/s1. The molecule has 20 heavy (non-hydrogen) atoms. The summed E-state index contributed by atoms with van der Waals surface area (Å²) in [4.78, 5) is 10.9. The monoisotopic (exact) mass is 429 g/mol. The smallest absolute Gasteiger partial charge is 0.321 e. The minimum absolute atomic E-state index is 0.0702. The van der Waals surface area contributed by atoms with Gasteiger partial charge in [0.05, 0.1) is 4.90 Å². The number of aliphatic carboxylic acids is 1. The number of carbonyl (C=O) groups is 1. The average molecular weight is 431 g/mol. The molecule has 1 aromatic carbocycles. The van der Waals surface area contributed by atoms with E-state index in [2.05, 4.69) is 36.6 Å². The van der Waals surface area contributed by atoms with E-state index in [-0.39, 0.29) is 11.3 Å². The van der Waals surface area contributed by atoms with Crippen LogP contribution in [0.25, 0.3) is 0 Å². The highest BCUT2D eigenvalue weighted by Crippen LogP contribution is 2.28. The number of aliphatic hydroxyl groups is 1. The van der Waals surface area contributed by atoms with Gasteiger partial charge in [-0.25, -0.2) is 8.42 Å². The van der Waals surface area contributed by atoms with Crippen LogP contribution in [0, 0.1) is 6.92 Å². The Kier molecular flexibility index (Phi) is 6.14. The van der Waals surface area contributed by atoms with Crippen molar-refractivity contribution in [2.24, 2.45) is 0 Å². The lowest BCUT2D eigenvalue weighted by atomic mass is 10.2. The van der Waals surface area contributed by atoms with Crippen molar-refractivity contribution in [2.75, 3.05) is 6.61 Å². The largest absolute Gasteiger partial charge is 0.480 e. The molecule has 0 radical (unpaired) electrons. The average Bonchev–Trinajstić information content (AvgIpc) is 2.32. The van der Waals surface area contributed by atoms with Crippen molar-refractivity contribution in [3.05, 3.63) is 26.6 Å². The second kappa shape index (κ2) is 6.99. The number of hydrogen-bond acceptors (Lipinski definition) is 4. The van der Waals surface area contributed by atoms with Gasteiger partial charge in [-0.1, -0.05) is 15.9 Å². The van der Waals surface area contributed by atoms with Crippen LogP contribution in [0.5, 0.6) is 0 Å². The zero-order valence-electron chi connectivity index (χ0n) is 10.4. The van der Waals surface area contributed by atoms with Gasteiger partial charge in [0.2, 0.25) is 10.0 Å². The van der Waals surface area contributed by atoms with E-state index in [4.69, 9.17) is 10.2 Å². The van der Waals surface area contributed by atoms with Crippen molar-refractivity contribution in [2.45, 2.75) is 24.3 Å². The molecule has 0 aliphatic rings. The van der Waals surface area contributed by atoms with Crippen LogP contribution < -0.4 is 4.72 Å². The van der Waals surface area contributed by atoms with E-state index >= 15 is 0 Å². The predicted octanol–water partition coefficient (Wildman–Crippen LogP) is 1.63. The van der Waals surface area contributed by atoms with Crippen molar-refractivity contribution in [1.29, 1.82) is 0 Å². The van der Waals surface area contributed by atoms with E-state index in [1.807, 2.05) is 0 Å². The second-order valence-corrected chi connectivity index (χ2v) is 7.45. The van der Waals surface area contributed by atoms with Crippen LogP contribution in [-0.2, 0) is 14.8 Å². The molecular weight excluding hydrogens is 418 g/mol.